The van der Waals surface area contributed by atoms with Gasteiger partial charge in [0.05, 0.1) is 17.8 Å². The number of carbonyl (C=O) groups is 1. The minimum Gasteiger partial charge on any atom is -0.444 e. The lowest BCUT2D eigenvalue weighted by Gasteiger charge is -2.32. The molecule has 1 fully saturated rings. The van der Waals surface area contributed by atoms with Gasteiger partial charge in [-0.15, -0.1) is 0 Å². The van der Waals surface area contributed by atoms with Crippen LogP contribution in [-0.2, 0) is 24.3 Å². The van der Waals surface area contributed by atoms with Gasteiger partial charge in [-0.2, -0.15) is 0 Å². The summed E-state index contributed by atoms with van der Waals surface area (Å²) < 4.78 is 38.0. The van der Waals surface area contributed by atoms with Crippen LogP contribution in [0.3, 0.4) is 0 Å². The summed E-state index contributed by atoms with van der Waals surface area (Å²) in [7, 11) is -0.624. The van der Waals surface area contributed by atoms with Crippen molar-refractivity contribution in [1.82, 2.24) is 5.32 Å². The van der Waals surface area contributed by atoms with Gasteiger partial charge in [0.2, 0.25) is 0 Å². The molecular weight excluding hydrogens is 402 g/mol. The van der Waals surface area contributed by atoms with Gasteiger partial charge in [-0.3, -0.25) is 10.3 Å². The number of alkyl carbamates (subject to hydrolysis) is 1. The summed E-state index contributed by atoms with van der Waals surface area (Å²) in [6, 6.07) is 4.73. The Hall–Kier alpha value is -1.97. The first-order valence-electron chi connectivity index (χ1n) is 10.4. The number of hydrogen-bond donors (Lipinski definition) is 1. The Morgan fingerprint density at radius 1 is 1.16 bits per heavy atom. The standard InChI is InChI=1S/C22H32BFN2O5/c1-19(2,3)29-18(27)25-17-12-28-13-22(8,26-17)15-11-14(9-10-16(15)24)23-30-20(4,5)21(6,7)31-23/h9-11H,12-13H2,1-8H3,(H,25,26,27). The number of aliphatic imine (C=N–C) groups is 1. The second-order valence-corrected chi connectivity index (χ2v) is 10.3. The zero-order valence-electron chi connectivity index (χ0n) is 19.6. The molecule has 7 nitrogen and oxygen atoms in total. The van der Waals surface area contributed by atoms with Gasteiger partial charge < -0.3 is 18.8 Å². The zero-order chi connectivity index (χ0) is 23.2. The van der Waals surface area contributed by atoms with Crippen LogP contribution < -0.4 is 10.8 Å². The Labute approximate surface area is 183 Å². The van der Waals surface area contributed by atoms with Gasteiger partial charge in [0, 0.05) is 5.56 Å². The molecule has 3 rings (SSSR count). The molecule has 1 amide bonds. The molecule has 0 spiro atoms. The molecule has 1 atom stereocenters. The third-order valence-electron chi connectivity index (χ3n) is 5.74. The molecule has 2 aliphatic rings. The van der Waals surface area contributed by atoms with Gasteiger partial charge in [-0.1, -0.05) is 12.1 Å². The molecule has 0 saturated carbocycles. The third-order valence-corrected chi connectivity index (χ3v) is 5.74. The third kappa shape index (κ3) is 5.10. The highest BCUT2D eigenvalue weighted by Crippen LogP contribution is 2.37. The van der Waals surface area contributed by atoms with Crippen LogP contribution in [0.4, 0.5) is 9.18 Å². The van der Waals surface area contributed by atoms with E-state index < -0.39 is 41.4 Å². The van der Waals surface area contributed by atoms with Crippen molar-refractivity contribution in [2.24, 2.45) is 4.99 Å². The van der Waals surface area contributed by atoms with E-state index in [2.05, 4.69) is 10.3 Å². The van der Waals surface area contributed by atoms with Crippen LogP contribution in [0.25, 0.3) is 0 Å². The summed E-state index contributed by atoms with van der Waals surface area (Å²) in [6.07, 6.45) is -0.634. The fourth-order valence-electron chi connectivity index (χ4n) is 3.41. The van der Waals surface area contributed by atoms with Crippen LogP contribution in [0.5, 0.6) is 0 Å². The number of hydrogen-bond acceptors (Lipinski definition) is 6. The van der Waals surface area contributed by atoms with Crippen molar-refractivity contribution in [2.45, 2.75) is 77.7 Å². The number of carbonyl (C=O) groups excluding carboxylic acids is 1. The van der Waals surface area contributed by atoms with Crippen molar-refractivity contribution < 1.29 is 28.0 Å². The first-order valence-corrected chi connectivity index (χ1v) is 10.4. The Balaban J connectivity index is 1.87. The lowest BCUT2D eigenvalue weighted by molar-refractivity contribution is 0.00578. The number of amidine groups is 1. The molecule has 31 heavy (non-hydrogen) atoms. The molecule has 9 heteroatoms. The lowest BCUT2D eigenvalue weighted by Crippen LogP contribution is -2.45. The molecule has 0 aromatic heterocycles. The van der Waals surface area contributed by atoms with E-state index in [4.69, 9.17) is 18.8 Å². The molecular formula is C22H32BFN2O5. The smallest absolute Gasteiger partial charge is 0.444 e. The summed E-state index contributed by atoms with van der Waals surface area (Å²) in [5.41, 5.74) is -1.67. The minimum absolute atomic E-state index is 0.105. The average molecular weight is 434 g/mol. The largest absolute Gasteiger partial charge is 0.494 e. The van der Waals surface area contributed by atoms with Crippen LogP contribution in [0.2, 0.25) is 0 Å². The molecule has 0 bridgehead atoms. The van der Waals surface area contributed by atoms with E-state index in [0.29, 0.717) is 11.0 Å². The van der Waals surface area contributed by atoms with Gasteiger partial charge in [-0.05, 0) is 66.9 Å². The van der Waals surface area contributed by atoms with Gasteiger partial charge in [0.25, 0.3) is 0 Å². The average Bonchev–Trinajstić information content (AvgIpc) is 2.81. The van der Waals surface area contributed by atoms with Crippen molar-refractivity contribution in [3.8, 4) is 0 Å². The monoisotopic (exact) mass is 434 g/mol. The molecule has 1 aromatic rings. The van der Waals surface area contributed by atoms with Gasteiger partial charge in [-0.25, -0.2) is 9.18 Å². The number of ether oxygens (including phenoxy) is 2. The number of nitrogens with one attached hydrogen (secondary N) is 1. The first kappa shape index (κ1) is 23.7. The predicted octanol–water partition coefficient (Wildman–Crippen LogP) is 3.29. The molecule has 2 heterocycles. The maximum Gasteiger partial charge on any atom is 0.494 e. The van der Waals surface area contributed by atoms with Crippen molar-refractivity contribution in [3.63, 3.8) is 0 Å². The topological polar surface area (TPSA) is 78.4 Å². The highest BCUT2D eigenvalue weighted by Gasteiger charge is 2.52. The van der Waals surface area contributed by atoms with Crippen LogP contribution in [0.15, 0.2) is 23.2 Å². The van der Waals surface area contributed by atoms with Crippen LogP contribution in [-0.4, -0.2) is 49.1 Å². The maximum absolute atomic E-state index is 14.9. The summed E-state index contributed by atoms with van der Waals surface area (Å²) in [6.45, 7) is 15.2. The van der Waals surface area contributed by atoms with Crippen LogP contribution >= 0.6 is 0 Å². The SMILES string of the molecule is CC(C)(C)OC(=O)NC1=NC(C)(c2cc(B3OC(C)(C)C(C)(C)O3)ccc2F)COC1. The maximum atomic E-state index is 14.9. The van der Waals surface area contributed by atoms with Crippen molar-refractivity contribution in [2.75, 3.05) is 13.2 Å². The second-order valence-electron chi connectivity index (χ2n) is 10.3. The highest BCUT2D eigenvalue weighted by molar-refractivity contribution is 6.62. The van der Waals surface area contributed by atoms with E-state index in [0.717, 1.165) is 0 Å². The summed E-state index contributed by atoms with van der Waals surface area (Å²) in [4.78, 5) is 16.7. The predicted molar refractivity (Wildman–Crippen MR) is 117 cm³/mol. The molecule has 1 unspecified atom stereocenters. The van der Waals surface area contributed by atoms with E-state index in [1.165, 1.54) is 6.07 Å². The molecule has 1 N–H and O–H groups in total. The quantitative estimate of drug-likeness (QED) is 0.723. The van der Waals surface area contributed by atoms with E-state index >= 15 is 0 Å². The molecule has 0 aliphatic carbocycles. The highest BCUT2D eigenvalue weighted by atomic mass is 19.1. The molecule has 1 saturated heterocycles. The summed E-state index contributed by atoms with van der Waals surface area (Å²) in [5.74, 6) is -0.142. The van der Waals surface area contributed by atoms with Crippen molar-refractivity contribution >= 4 is 24.5 Å². The number of halogens is 1. The number of benzene rings is 1. The summed E-state index contributed by atoms with van der Waals surface area (Å²) in [5, 5.41) is 2.60. The van der Waals surface area contributed by atoms with Crippen LogP contribution in [0, 0.1) is 5.82 Å². The molecule has 0 radical (unpaired) electrons. The van der Waals surface area contributed by atoms with E-state index in [-0.39, 0.29) is 19.0 Å². The lowest BCUT2D eigenvalue weighted by atomic mass is 9.76. The normalized spacial score (nSPS) is 25.2. The Kier molecular flexibility index (Phi) is 6.01. The fraction of sp³-hybridized carbons (Fsp3) is 0.636. The van der Waals surface area contributed by atoms with Gasteiger partial charge >= 0.3 is 13.2 Å². The van der Waals surface area contributed by atoms with E-state index in [1.807, 2.05) is 27.7 Å². The molecule has 2 aliphatic heterocycles. The van der Waals surface area contributed by atoms with E-state index in [9.17, 15) is 9.18 Å². The second kappa shape index (κ2) is 7.87. The number of nitrogens with zero attached hydrogens (tertiary/aromatic N) is 1. The minimum atomic E-state index is -1.04. The Morgan fingerprint density at radius 2 is 1.77 bits per heavy atom. The first-order chi connectivity index (χ1) is 14.1. The molecule has 1 aromatic carbocycles. The molecule has 170 valence electrons. The van der Waals surface area contributed by atoms with Crippen LogP contribution in [0.1, 0.15) is 61.0 Å². The Morgan fingerprint density at radius 3 is 2.35 bits per heavy atom. The fourth-order valence-corrected chi connectivity index (χ4v) is 3.41. The van der Waals surface area contributed by atoms with Crippen molar-refractivity contribution in [3.05, 3.63) is 29.6 Å². The van der Waals surface area contributed by atoms with Crippen molar-refractivity contribution in [1.29, 1.82) is 0 Å². The number of amides is 1. The Bertz CT molecular complexity index is 880. The summed E-state index contributed by atoms with van der Waals surface area (Å²) >= 11 is 0. The van der Waals surface area contributed by atoms with Gasteiger partial charge in [0.15, 0.2) is 0 Å². The van der Waals surface area contributed by atoms with Gasteiger partial charge in [0.1, 0.15) is 29.4 Å². The zero-order valence-corrected chi connectivity index (χ0v) is 19.6. The number of rotatable bonds is 2. The van der Waals surface area contributed by atoms with E-state index in [1.54, 1.807) is 39.8 Å².